The number of hydrogen-bond acceptors (Lipinski definition) is 3. The highest BCUT2D eigenvalue weighted by Crippen LogP contribution is 2.13. The van der Waals surface area contributed by atoms with E-state index in [0.29, 0.717) is 0 Å². The monoisotopic (exact) mass is 274 g/mol. The molecule has 0 aliphatic heterocycles. The molecule has 102 valence electrons. The van der Waals surface area contributed by atoms with Crippen molar-refractivity contribution in [1.82, 2.24) is 5.32 Å². The minimum atomic E-state index is 1.02. The van der Waals surface area contributed by atoms with Crippen LogP contribution < -0.4 is 10.2 Å². The molecule has 1 heterocycles. The van der Waals surface area contributed by atoms with E-state index in [9.17, 15) is 0 Å². The molecule has 0 bridgehead atoms. The Morgan fingerprint density at radius 1 is 1.21 bits per heavy atom. The van der Waals surface area contributed by atoms with Crippen molar-refractivity contribution in [2.24, 2.45) is 0 Å². The molecule has 0 radical (unpaired) electrons. The first-order valence-corrected chi connectivity index (χ1v) is 7.69. The van der Waals surface area contributed by atoms with Crippen molar-refractivity contribution in [3.05, 3.63) is 52.2 Å². The van der Waals surface area contributed by atoms with E-state index in [2.05, 4.69) is 65.3 Å². The molecule has 0 atom stereocenters. The van der Waals surface area contributed by atoms with Crippen LogP contribution in [-0.4, -0.2) is 26.7 Å². The molecule has 2 aromatic rings. The molecule has 1 aromatic heterocycles. The number of likely N-dealkylation sites (N-methyl/N-ethyl adjacent to an activating group) is 1. The van der Waals surface area contributed by atoms with Crippen molar-refractivity contribution in [1.29, 1.82) is 0 Å². The van der Waals surface area contributed by atoms with E-state index in [1.165, 1.54) is 16.8 Å². The van der Waals surface area contributed by atoms with Crippen LogP contribution in [0.1, 0.15) is 11.1 Å². The van der Waals surface area contributed by atoms with Crippen molar-refractivity contribution in [3.63, 3.8) is 0 Å². The summed E-state index contributed by atoms with van der Waals surface area (Å²) >= 11 is 1.77. The average molecular weight is 274 g/mol. The number of benzene rings is 1. The number of nitrogens with zero attached hydrogens (tertiary/aromatic N) is 1. The molecule has 0 aliphatic rings. The number of thiophene rings is 1. The van der Waals surface area contributed by atoms with Gasteiger partial charge in [-0.15, -0.1) is 0 Å². The van der Waals surface area contributed by atoms with Gasteiger partial charge < -0.3 is 10.2 Å². The van der Waals surface area contributed by atoms with E-state index in [0.717, 1.165) is 26.1 Å². The lowest BCUT2D eigenvalue weighted by Gasteiger charge is -2.20. The van der Waals surface area contributed by atoms with Crippen molar-refractivity contribution in [2.45, 2.75) is 13.3 Å². The molecule has 2 nitrogen and oxygen atoms in total. The molecule has 0 aliphatic carbocycles. The van der Waals surface area contributed by atoms with Crippen LogP contribution in [0.3, 0.4) is 0 Å². The summed E-state index contributed by atoms with van der Waals surface area (Å²) in [5.41, 5.74) is 4.04. The van der Waals surface area contributed by atoms with Crippen LogP contribution in [0.2, 0.25) is 0 Å². The molecule has 0 amide bonds. The molecule has 0 saturated heterocycles. The number of nitrogens with one attached hydrogen (secondary N) is 1. The Balaban J connectivity index is 1.65. The summed E-state index contributed by atoms with van der Waals surface area (Å²) in [6, 6.07) is 10.8. The fraction of sp³-hybridized carbons (Fsp3) is 0.375. The summed E-state index contributed by atoms with van der Waals surface area (Å²) in [6.07, 6.45) is 1.12. The first kappa shape index (κ1) is 14.1. The Bertz CT molecular complexity index is 479. The highest BCUT2D eigenvalue weighted by molar-refractivity contribution is 7.07. The van der Waals surface area contributed by atoms with Gasteiger partial charge in [-0.2, -0.15) is 11.3 Å². The van der Waals surface area contributed by atoms with Gasteiger partial charge >= 0.3 is 0 Å². The third-order valence-electron chi connectivity index (χ3n) is 3.24. The summed E-state index contributed by atoms with van der Waals surface area (Å²) in [6.45, 7) is 5.25. The molecule has 3 heteroatoms. The smallest absolute Gasteiger partial charge is 0.0366 e. The normalized spacial score (nSPS) is 10.6. The van der Waals surface area contributed by atoms with Gasteiger partial charge in [0.2, 0.25) is 0 Å². The zero-order valence-corrected chi connectivity index (χ0v) is 12.5. The van der Waals surface area contributed by atoms with Crippen LogP contribution >= 0.6 is 11.3 Å². The van der Waals surface area contributed by atoms with Crippen LogP contribution in [0, 0.1) is 6.92 Å². The average Bonchev–Trinajstić information content (AvgIpc) is 2.91. The maximum Gasteiger partial charge on any atom is 0.0366 e. The van der Waals surface area contributed by atoms with Gasteiger partial charge in [-0.25, -0.2) is 0 Å². The molecular weight excluding hydrogens is 252 g/mol. The first-order valence-electron chi connectivity index (χ1n) is 6.75. The maximum absolute atomic E-state index is 3.50. The van der Waals surface area contributed by atoms with Crippen LogP contribution in [0.5, 0.6) is 0 Å². The second-order valence-corrected chi connectivity index (χ2v) is 5.67. The van der Waals surface area contributed by atoms with E-state index >= 15 is 0 Å². The second kappa shape index (κ2) is 7.31. The first-order chi connectivity index (χ1) is 9.25. The lowest BCUT2D eigenvalue weighted by Crippen LogP contribution is -2.30. The van der Waals surface area contributed by atoms with Gasteiger partial charge in [0, 0.05) is 25.8 Å². The van der Waals surface area contributed by atoms with Gasteiger partial charge in [-0.3, -0.25) is 0 Å². The highest BCUT2D eigenvalue weighted by atomic mass is 32.1. The predicted molar refractivity (Wildman–Crippen MR) is 85.3 cm³/mol. The number of rotatable bonds is 7. The standard InChI is InChI=1S/C16H22N2S/c1-14-4-3-5-16(12-14)18(2)10-9-17-8-6-15-7-11-19-13-15/h3-5,7,11-13,17H,6,8-10H2,1-2H3. The third-order valence-corrected chi connectivity index (χ3v) is 3.97. The number of anilines is 1. The summed E-state index contributed by atoms with van der Waals surface area (Å²) in [5.74, 6) is 0. The molecule has 1 N–H and O–H groups in total. The SMILES string of the molecule is Cc1cccc(N(C)CCNCCc2ccsc2)c1. The maximum atomic E-state index is 3.50. The Morgan fingerprint density at radius 3 is 2.84 bits per heavy atom. The van der Waals surface area contributed by atoms with E-state index in [4.69, 9.17) is 0 Å². The van der Waals surface area contributed by atoms with Crippen molar-refractivity contribution < 1.29 is 0 Å². The van der Waals surface area contributed by atoms with Crippen molar-refractivity contribution >= 4 is 17.0 Å². The molecule has 0 unspecified atom stereocenters. The molecule has 0 spiro atoms. The highest BCUT2D eigenvalue weighted by Gasteiger charge is 2.00. The summed E-state index contributed by atoms with van der Waals surface area (Å²) in [7, 11) is 2.15. The minimum absolute atomic E-state index is 1.02. The largest absolute Gasteiger partial charge is 0.373 e. The quantitative estimate of drug-likeness (QED) is 0.779. The molecular formula is C16H22N2S. The topological polar surface area (TPSA) is 15.3 Å². The zero-order valence-electron chi connectivity index (χ0n) is 11.7. The Kier molecular flexibility index (Phi) is 5.43. The van der Waals surface area contributed by atoms with Gasteiger partial charge in [0.1, 0.15) is 0 Å². The zero-order chi connectivity index (χ0) is 13.5. The number of aryl methyl sites for hydroxylation is 1. The molecule has 2 rings (SSSR count). The van der Waals surface area contributed by atoms with Crippen LogP contribution in [0.25, 0.3) is 0 Å². The molecule has 0 fully saturated rings. The number of hydrogen-bond donors (Lipinski definition) is 1. The summed E-state index contributed by atoms with van der Waals surface area (Å²) < 4.78 is 0. The van der Waals surface area contributed by atoms with Crippen LogP contribution in [0.15, 0.2) is 41.1 Å². The molecule has 19 heavy (non-hydrogen) atoms. The molecule has 1 aromatic carbocycles. The Labute approximate surface area is 120 Å². The van der Waals surface area contributed by atoms with Crippen LogP contribution in [0.4, 0.5) is 5.69 Å². The van der Waals surface area contributed by atoms with E-state index in [1.807, 2.05) is 0 Å². The second-order valence-electron chi connectivity index (χ2n) is 4.89. The Morgan fingerprint density at radius 2 is 2.11 bits per heavy atom. The van der Waals surface area contributed by atoms with Crippen molar-refractivity contribution in [2.75, 3.05) is 31.6 Å². The van der Waals surface area contributed by atoms with Gasteiger partial charge in [0.25, 0.3) is 0 Å². The van der Waals surface area contributed by atoms with Gasteiger partial charge in [-0.1, -0.05) is 12.1 Å². The van der Waals surface area contributed by atoms with Crippen LogP contribution in [-0.2, 0) is 6.42 Å². The lowest BCUT2D eigenvalue weighted by atomic mass is 10.2. The van der Waals surface area contributed by atoms with Crippen molar-refractivity contribution in [3.8, 4) is 0 Å². The third kappa shape index (κ3) is 4.69. The minimum Gasteiger partial charge on any atom is -0.373 e. The Hall–Kier alpha value is -1.32. The fourth-order valence-electron chi connectivity index (χ4n) is 2.03. The summed E-state index contributed by atoms with van der Waals surface area (Å²) in [5, 5.41) is 7.86. The lowest BCUT2D eigenvalue weighted by molar-refractivity contribution is 0.676. The van der Waals surface area contributed by atoms with E-state index in [-0.39, 0.29) is 0 Å². The predicted octanol–water partition coefficient (Wildman–Crippen LogP) is 3.33. The fourth-order valence-corrected chi connectivity index (χ4v) is 2.74. The van der Waals surface area contributed by atoms with Gasteiger partial charge in [0.15, 0.2) is 0 Å². The van der Waals surface area contributed by atoms with Gasteiger partial charge in [-0.05, 0) is 60.0 Å². The van der Waals surface area contributed by atoms with Gasteiger partial charge in [0.05, 0.1) is 0 Å². The summed E-state index contributed by atoms with van der Waals surface area (Å²) in [4.78, 5) is 2.30. The van der Waals surface area contributed by atoms with E-state index < -0.39 is 0 Å². The molecule has 0 saturated carbocycles. The van der Waals surface area contributed by atoms with E-state index in [1.54, 1.807) is 11.3 Å².